The van der Waals surface area contributed by atoms with Crippen LogP contribution in [0.1, 0.15) is 113 Å². The highest BCUT2D eigenvalue weighted by atomic mass is 127. The zero-order valence-electron chi connectivity index (χ0n) is 57.8. The van der Waals surface area contributed by atoms with Crippen molar-refractivity contribution in [1.29, 1.82) is 0 Å². The van der Waals surface area contributed by atoms with E-state index in [1.54, 1.807) is 30.5 Å². The fourth-order valence-electron chi connectivity index (χ4n) is 12.3. The number of carbonyl (C=O) groups is 13. The highest BCUT2D eigenvalue weighted by Gasteiger charge is 2.34. The normalized spacial score (nSPS) is 17.2. The van der Waals surface area contributed by atoms with E-state index < -0.39 is 128 Å². The number of benzene rings is 3. The zero-order chi connectivity index (χ0) is 75.7. The van der Waals surface area contributed by atoms with Crippen molar-refractivity contribution >= 4 is 111 Å². The SMILES string of the molecule is O=C(O)CCC(NC(=O)NC(CCCCNC(=O)C(Cc1ccc2ccccc2c1)NC(=O)C1CCC(n2cc(CC(NC(=O)CN3CCN(CC(=O)O)CCN(CC(=O)O)CCN(CC(=O)O)CC3)C(=O)NC(CCCCNC(=O)CCCc3ccc(I)cc3)C(=O)O)nn2)CC1)C(=O)O)C(=O)O. The van der Waals surface area contributed by atoms with Crippen LogP contribution in [0.15, 0.2) is 72.9 Å². The molecule has 5 atom stereocenters. The topological polar surface area (TPSA) is 491 Å². The molecule has 104 heavy (non-hydrogen) atoms. The van der Waals surface area contributed by atoms with Gasteiger partial charge in [-0.05, 0) is 140 Å². The molecule has 3 aromatic carbocycles. The maximum absolute atomic E-state index is 14.4. The lowest BCUT2D eigenvalue weighted by atomic mass is 9.85. The largest absolute Gasteiger partial charge is 0.481 e. The Morgan fingerprint density at radius 1 is 0.462 bits per heavy atom. The van der Waals surface area contributed by atoms with Crippen molar-refractivity contribution in [3.8, 4) is 0 Å². The van der Waals surface area contributed by atoms with E-state index in [4.69, 9.17) is 5.11 Å². The Morgan fingerprint density at radius 2 is 0.962 bits per heavy atom. The van der Waals surface area contributed by atoms with E-state index in [1.807, 2.05) is 66.7 Å². The van der Waals surface area contributed by atoms with Crippen molar-refractivity contribution < 1.29 is 98.1 Å². The summed E-state index contributed by atoms with van der Waals surface area (Å²) in [7, 11) is 0. The molecule has 568 valence electrons. The molecular weight excluding hydrogens is 1470 g/mol. The number of aryl methyl sites for hydroxylation is 1. The third kappa shape index (κ3) is 30.9. The quantitative estimate of drug-likeness (QED) is 0.0219. The van der Waals surface area contributed by atoms with Crippen molar-refractivity contribution in [3.05, 3.63) is 93.3 Å². The van der Waals surface area contributed by atoms with E-state index in [2.05, 4.69) is 70.1 Å². The van der Waals surface area contributed by atoms with Crippen LogP contribution in [0, 0.1) is 9.49 Å². The lowest BCUT2D eigenvalue weighted by Crippen LogP contribution is -2.55. The molecule has 14 N–H and O–H groups in total. The number of nitrogens with one attached hydrogen (secondary N) is 7. The molecule has 2 aliphatic rings. The Labute approximate surface area is 613 Å². The molecule has 1 saturated heterocycles. The van der Waals surface area contributed by atoms with Gasteiger partial charge >= 0.3 is 47.8 Å². The molecule has 0 spiro atoms. The summed E-state index contributed by atoms with van der Waals surface area (Å²) < 4.78 is 2.69. The number of carboxylic acids is 7. The van der Waals surface area contributed by atoms with Crippen molar-refractivity contribution in [2.45, 2.75) is 145 Å². The second kappa shape index (κ2) is 43.6. The molecule has 6 rings (SSSR count). The highest BCUT2D eigenvalue weighted by Crippen LogP contribution is 2.32. The Kier molecular flexibility index (Phi) is 35.0. The molecule has 4 aromatic rings. The summed E-state index contributed by atoms with van der Waals surface area (Å²) in [5, 5.41) is 96.5. The Balaban J connectivity index is 1.11. The first kappa shape index (κ1) is 83.5. The van der Waals surface area contributed by atoms with E-state index in [1.165, 1.54) is 0 Å². The molecule has 1 aliphatic heterocycles. The minimum absolute atomic E-state index is 0.0350. The first-order valence-corrected chi connectivity index (χ1v) is 35.8. The fraction of sp³-hybridized carbons (Fsp3) is 0.551. The van der Waals surface area contributed by atoms with Crippen molar-refractivity contribution in [1.82, 2.24) is 71.8 Å². The summed E-state index contributed by atoms with van der Waals surface area (Å²) in [6.45, 7) is -0.332. The van der Waals surface area contributed by atoms with Crippen molar-refractivity contribution in [3.63, 3.8) is 0 Å². The lowest BCUT2D eigenvalue weighted by molar-refractivity contribution is -0.142. The van der Waals surface area contributed by atoms with E-state index in [0.717, 1.165) is 31.9 Å². The molecule has 2 fully saturated rings. The zero-order valence-corrected chi connectivity index (χ0v) is 60.0. The van der Waals surface area contributed by atoms with E-state index >= 15 is 0 Å². The molecule has 1 aliphatic carbocycles. The maximum atomic E-state index is 14.4. The molecule has 35 heteroatoms. The molecule has 2 heterocycles. The van der Waals surface area contributed by atoms with Crippen LogP contribution in [0.2, 0.25) is 0 Å². The first-order valence-electron chi connectivity index (χ1n) is 34.8. The second-order valence-electron chi connectivity index (χ2n) is 26.1. The number of amides is 7. The van der Waals surface area contributed by atoms with Gasteiger partial charge in [-0.1, -0.05) is 59.8 Å². The van der Waals surface area contributed by atoms with Crippen LogP contribution in [0.4, 0.5) is 4.79 Å². The molecule has 5 unspecified atom stereocenters. The summed E-state index contributed by atoms with van der Waals surface area (Å²) >= 11 is 2.22. The minimum atomic E-state index is -1.59. The number of aliphatic carboxylic acids is 7. The lowest BCUT2D eigenvalue weighted by Gasteiger charge is -2.33. The fourth-order valence-corrected chi connectivity index (χ4v) is 12.7. The third-order valence-electron chi connectivity index (χ3n) is 18.0. The van der Waals surface area contributed by atoms with Gasteiger partial charge in [-0.25, -0.2) is 23.9 Å². The number of urea groups is 1. The number of carboxylic acid groups (broad SMARTS) is 7. The summed E-state index contributed by atoms with van der Waals surface area (Å²) in [5.74, 6) is -12.1. The van der Waals surface area contributed by atoms with Gasteiger partial charge in [0.1, 0.15) is 30.2 Å². The smallest absolute Gasteiger partial charge is 0.326 e. The number of unbranched alkanes of at least 4 members (excludes halogenated alkanes) is 2. The number of hydrogen-bond acceptors (Lipinski definition) is 19. The number of nitrogens with zero attached hydrogens (tertiary/aromatic N) is 7. The predicted octanol–water partition coefficient (Wildman–Crippen LogP) is 1.23. The van der Waals surface area contributed by atoms with Crippen LogP contribution >= 0.6 is 22.6 Å². The first-order chi connectivity index (χ1) is 49.7. The number of halogens is 1. The van der Waals surface area contributed by atoms with Gasteiger partial charge in [-0.15, -0.1) is 5.10 Å². The monoisotopic (exact) mass is 1570 g/mol. The third-order valence-corrected chi connectivity index (χ3v) is 18.8. The van der Waals surface area contributed by atoms with E-state index in [9.17, 15) is 93.0 Å². The number of carbonyl (C=O) groups excluding carboxylic acids is 6. The average Bonchev–Trinajstić information content (AvgIpc) is 1.28. The Hall–Kier alpha value is -9.46. The van der Waals surface area contributed by atoms with Gasteiger partial charge in [0.15, 0.2) is 0 Å². The van der Waals surface area contributed by atoms with Crippen LogP contribution in [-0.2, 0) is 76.8 Å². The van der Waals surface area contributed by atoms with Crippen LogP contribution in [0.5, 0.6) is 0 Å². The number of hydrogen-bond donors (Lipinski definition) is 14. The van der Waals surface area contributed by atoms with Gasteiger partial charge in [0.25, 0.3) is 0 Å². The van der Waals surface area contributed by atoms with E-state index in [-0.39, 0.29) is 147 Å². The van der Waals surface area contributed by atoms with Gasteiger partial charge < -0.3 is 73.0 Å². The summed E-state index contributed by atoms with van der Waals surface area (Å²) in [5.41, 5.74) is 2.09. The molecule has 0 radical (unpaired) electrons. The number of aromatic nitrogens is 3. The van der Waals surface area contributed by atoms with Gasteiger partial charge in [-0.3, -0.25) is 62.8 Å². The summed E-state index contributed by atoms with van der Waals surface area (Å²) in [4.78, 5) is 172. The van der Waals surface area contributed by atoms with Crippen molar-refractivity contribution in [2.75, 3.05) is 91.6 Å². The van der Waals surface area contributed by atoms with Crippen LogP contribution in [0.25, 0.3) is 10.8 Å². The molecular formula is C69H95IN14O20. The second-order valence-corrected chi connectivity index (χ2v) is 27.3. The standard InChI is InChI=1S/C69H95IN14O20/c70-49-20-15-44(16-21-49)8-7-13-57(85)71-26-5-3-11-52(66(98)99)74-65(97)56(73-58(86)40-80-28-30-81(41-60(89)90)32-34-83(43-62(93)94)35-33-82(31-29-80)42-61(91)92)38-50-39-84(79-78-50)51-22-18-47(19-23-51)63(95)75-55(37-45-14-17-46-9-1-2-10-48(46)36-45)64(96)72-27-6-4-12-53(67(100)101)76-69(104)77-54(68(102)103)24-25-59(87)88/h1-2,9-10,14-17,20-21,36,39,47,51-56H,3-8,11-13,18-19,22-35,37-38,40-43H2,(H,71,85)(H,72,96)(H,73,86)(H,74,97)(H,75,95)(H,87,88)(H,89,90)(H,91,92)(H,93,94)(H,98,99)(H,100,101)(H,102,103)(H2,76,77,104). The average molecular weight is 1570 g/mol. The van der Waals surface area contributed by atoms with Gasteiger partial charge in [-0.2, -0.15) is 0 Å². The van der Waals surface area contributed by atoms with Gasteiger partial charge in [0, 0.05) is 107 Å². The maximum Gasteiger partial charge on any atom is 0.326 e. The van der Waals surface area contributed by atoms with Crippen LogP contribution < -0.4 is 37.2 Å². The Bertz CT molecular complexity index is 3540. The van der Waals surface area contributed by atoms with Crippen LogP contribution in [0.3, 0.4) is 0 Å². The van der Waals surface area contributed by atoms with E-state index in [0.29, 0.717) is 44.9 Å². The summed E-state index contributed by atoms with van der Waals surface area (Å²) in [6, 6.07) is 12.9. The van der Waals surface area contributed by atoms with Crippen molar-refractivity contribution in [2.24, 2.45) is 5.92 Å². The molecule has 1 aromatic heterocycles. The summed E-state index contributed by atoms with van der Waals surface area (Å²) in [6.07, 6.45) is 4.57. The predicted molar refractivity (Wildman–Crippen MR) is 382 cm³/mol. The minimum Gasteiger partial charge on any atom is -0.481 e. The number of fused-ring (bicyclic) bond motifs is 1. The van der Waals surface area contributed by atoms with Gasteiger partial charge in [0.05, 0.1) is 37.9 Å². The highest BCUT2D eigenvalue weighted by molar-refractivity contribution is 14.1. The number of rotatable bonds is 41. The molecule has 1 saturated carbocycles. The molecule has 7 amide bonds. The Morgan fingerprint density at radius 3 is 1.50 bits per heavy atom. The van der Waals surface area contributed by atoms with Gasteiger partial charge in [0.2, 0.25) is 29.5 Å². The molecule has 34 nitrogen and oxygen atoms in total. The van der Waals surface area contributed by atoms with Crippen LogP contribution in [-0.4, -0.2) is 270 Å². The molecule has 0 bridgehead atoms.